The van der Waals surface area contributed by atoms with E-state index in [1.165, 1.54) is 10.5 Å². The molecule has 2 aromatic rings. The maximum absolute atomic E-state index is 12.6. The van der Waals surface area contributed by atoms with E-state index in [-0.39, 0.29) is 11.7 Å². The van der Waals surface area contributed by atoms with Crippen LogP contribution in [-0.4, -0.2) is 51.6 Å². The highest BCUT2D eigenvalue weighted by Crippen LogP contribution is 2.31. The fourth-order valence-corrected chi connectivity index (χ4v) is 4.38. The topological polar surface area (TPSA) is 55.5 Å². The van der Waals surface area contributed by atoms with Crippen LogP contribution in [0.5, 0.6) is 5.75 Å². The molecule has 158 valence electrons. The average molecular weight is 410 g/mol. The highest BCUT2D eigenvalue weighted by atomic mass is 16.5. The molecule has 6 nitrogen and oxygen atoms in total. The van der Waals surface area contributed by atoms with Crippen molar-refractivity contribution in [2.45, 2.75) is 26.3 Å². The van der Waals surface area contributed by atoms with E-state index in [0.29, 0.717) is 18.2 Å². The highest BCUT2D eigenvalue weighted by Gasteiger charge is 2.39. The number of Topliss-reactive ketones (excluding diaryl/α,β-unsaturated/α-hetero) is 1. The summed E-state index contributed by atoms with van der Waals surface area (Å²) in [6.45, 7) is 9.84. The van der Waals surface area contributed by atoms with Gasteiger partial charge < -0.3 is 14.5 Å². The fourth-order valence-electron chi connectivity index (χ4n) is 4.38. The number of anilines is 1. The number of ether oxygens (including phenoxy) is 1. The summed E-state index contributed by atoms with van der Waals surface area (Å²) in [4.78, 5) is 29.7. The predicted molar refractivity (Wildman–Crippen MR) is 115 cm³/mol. The monoisotopic (exact) mass is 409 g/mol. The lowest BCUT2D eigenvalue weighted by Gasteiger charge is -2.32. The Hall–Kier alpha value is -2.70. The van der Waals surface area contributed by atoms with Crippen LogP contribution >= 0.6 is 0 Å². The van der Waals surface area contributed by atoms with E-state index in [0.717, 1.165) is 49.7 Å². The number of hydrogen-bond acceptors (Lipinski definition) is 3. The molecule has 0 spiro atoms. The molecule has 30 heavy (non-hydrogen) atoms. The summed E-state index contributed by atoms with van der Waals surface area (Å²) < 4.78 is 5.23. The molecule has 2 aliphatic heterocycles. The van der Waals surface area contributed by atoms with Crippen molar-refractivity contribution in [2.24, 2.45) is 0 Å². The zero-order chi connectivity index (χ0) is 21.3. The maximum Gasteiger partial charge on any atom is 0.303 e. The Balaban J connectivity index is 1.36. The van der Waals surface area contributed by atoms with Crippen LogP contribution in [-0.2, 0) is 11.3 Å². The lowest BCUT2D eigenvalue weighted by molar-refractivity contribution is -1.02. The molecule has 1 amide bonds. The first-order valence-corrected chi connectivity index (χ1v) is 10.8. The molecule has 0 unspecified atom stereocenters. The molecule has 4 rings (SSSR count). The van der Waals surface area contributed by atoms with Crippen molar-refractivity contribution in [3.8, 4) is 5.75 Å². The van der Waals surface area contributed by atoms with Gasteiger partial charge in [0.2, 0.25) is 0 Å². The second kappa shape index (κ2) is 8.58. The minimum atomic E-state index is -0.383. The van der Waals surface area contributed by atoms with E-state index in [2.05, 4.69) is 26.0 Å². The normalized spacial score (nSPS) is 21.3. The zero-order valence-electron chi connectivity index (χ0n) is 18.0. The summed E-state index contributed by atoms with van der Waals surface area (Å²) in [5.74, 6) is 0.468. The Morgan fingerprint density at radius 3 is 2.27 bits per heavy atom. The second-order valence-electron chi connectivity index (χ2n) is 8.68. The van der Waals surface area contributed by atoms with Crippen LogP contribution in [0.15, 0.2) is 42.5 Å². The number of benzene rings is 2. The second-order valence-corrected chi connectivity index (χ2v) is 8.68. The molecule has 0 aromatic heterocycles. The Morgan fingerprint density at radius 1 is 0.967 bits per heavy atom. The molecule has 0 atom stereocenters. The van der Waals surface area contributed by atoms with Gasteiger partial charge in [0, 0.05) is 5.56 Å². The third-order valence-corrected chi connectivity index (χ3v) is 6.32. The number of rotatable bonds is 6. The SMILES string of the molecule is COc1ccc(C[NH+]2CC[NH+](CN3C(=O)C(=O)c4cc(C(C)C)ccc43)CC2)cc1. The van der Waals surface area contributed by atoms with Crippen molar-refractivity contribution < 1.29 is 24.1 Å². The maximum atomic E-state index is 12.6. The fraction of sp³-hybridized carbons (Fsp3) is 0.417. The first-order chi connectivity index (χ1) is 14.5. The summed E-state index contributed by atoms with van der Waals surface area (Å²) in [6, 6.07) is 14.1. The van der Waals surface area contributed by atoms with Gasteiger partial charge in [0.05, 0.1) is 18.4 Å². The summed E-state index contributed by atoms with van der Waals surface area (Å²) in [6.07, 6.45) is 0. The molecular weight excluding hydrogens is 378 g/mol. The number of quaternary nitrogens is 2. The van der Waals surface area contributed by atoms with Crippen molar-refractivity contribution in [3.05, 3.63) is 59.2 Å². The van der Waals surface area contributed by atoms with Gasteiger partial charge in [-0.2, -0.15) is 0 Å². The molecule has 2 heterocycles. The number of fused-ring (bicyclic) bond motifs is 1. The molecular formula is C24H31N3O3+2. The summed E-state index contributed by atoms with van der Waals surface area (Å²) in [5.41, 5.74) is 3.74. The molecule has 1 fully saturated rings. The molecule has 0 radical (unpaired) electrons. The van der Waals surface area contributed by atoms with Gasteiger partial charge in [0.25, 0.3) is 5.78 Å². The van der Waals surface area contributed by atoms with E-state index in [4.69, 9.17) is 4.74 Å². The summed E-state index contributed by atoms with van der Waals surface area (Å²) in [5, 5.41) is 0. The Morgan fingerprint density at radius 2 is 1.63 bits per heavy atom. The number of carbonyl (C=O) groups is 2. The quantitative estimate of drug-likeness (QED) is 0.675. The highest BCUT2D eigenvalue weighted by molar-refractivity contribution is 6.52. The standard InChI is InChI=1S/C24H29N3O3/c1-17(2)19-6-9-22-21(14-19)23(28)24(29)27(22)16-26-12-10-25(11-13-26)15-18-4-7-20(30-3)8-5-18/h4-9,14,17H,10-13,15-16H2,1-3H3/p+2. The molecule has 0 bridgehead atoms. The van der Waals surface area contributed by atoms with E-state index in [1.54, 1.807) is 16.9 Å². The number of hydrogen-bond donors (Lipinski definition) is 2. The predicted octanol–water partition coefficient (Wildman–Crippen LogP) is 0.289. The van der Waals surface area contributed by atoms with Crippen LogP contribution in [0.4, 0.5) is 5.69 Å². The molecule has 2 N–H and O–H groups in total. The van der Waals surface area contributed by atoms with Gasteiger partial charge in [-0.05, 0) is 47.9 Å². The molecule has 1 saturated heterocycles. The summed E-state index contributed by atoms with van der Waals surface area (Å²) in [7, 11) is 1.68. The largest absolute Gasteiger partial charge is 0.497 e. The van der Waals surface area contributed by atoms with Gasteiger partial charge >= 0.3 is 5.91 Å². The number of nitrogens with zero attached hydrogens (tertiary/aromatic N) is 1. The molecule has 0 aliphatic carbocycles. The Labute approximate surface area is 178 Å². The molecule has 2 aromatic carbocycles. The lowest BCUT2D eigenvalue weighted by atomic mass is 9.99. The summed E-state index contributed by atoms with van der Waals surface area (Å²) >= 11 is 0. The van der Waals surface area contributed by atoms with Gasteiger partial charge in [-0.25, -0.2) is 0 Å². The van der Waals surface area contributed by atoms with Gasteiger partial charge in [-0.3, -0.25) is 14.5 Å². The first kappa shape index (κ1) is 20.6. The number of amides is 1. The van der Waals surface area contributed by atoms with Crippen molar-refractivity contribution in [1.29, 1.82) is 0 Å². The van der Waals surface area contributed by atoms with E-state index in [9.17, 15) is 9.59 Å². The van der Waals surface area contributed by atoms with E-state index < -0.39 is 0 Å². The van der Waals surface area contributed by atoms with Crippen molar-refractivity contribution in [1.82, 2.24) is 0 Å². The van der Waals surface area contributed by atoms with Gasteiger partial charge in [0.1, 0.15) is 38.5 Å². The Kier molecular flexibility index (Phi) is 5.88. The third kappa shape index (κ3) is 4.11. The first-order valence-electron chi connectivity index (χ1n) is 10.8. The van der Waals surface area contributed by atoms with Gasteiger partial charge in [0.15, 0.2) is 6.67 Å². The van der Waals surface area contributed by atoms with Crippen LogP contribution in [0.25, 0.3) is 0 Å². The lowest BCUT2D eigenvalue weighted by Crippen LogP contribution is -3.28. The minimum absolute atomic E-state index is 0.333. The third-order valence-electron chi connectivity index (χ3n) is 6.32. The number of piperazine rings is 1. The van der Waals surface area contributed by atoms with E-state index >= 15 is 0 Å². The van der Waals surface area contributed by atoms with Crippen LogP contribution in [0.1, 0.15) is 41.3 Å². The number of nitrogens with one attached hydrogen (secondary N) is 2. The van der Waals surface area contributed by atoms with Gasteiger partial charge in [-0.15, -0.1) is 0 Å². The van der Waals surface area contributed by atoms with Crippen LogP contribution < -0.4 is 19.4 Å². The zero-order valence-corrected chi connectivity index (χ0v) is 18.0. The van der Waals surface area contributed by atoms with Crippen LogP contribution in [0.2, 0.25) is 0 Å². The molecule has 6 heteroatoms. The average Bonchev–Trinajstić information content (AvgIpc) is 3.00. The number of ketones is 1. The number of methoxy groups -OCH3 is 1. The van der Waals surface area contributed by atoms with Crippen molar-refractivity contribution in [2.75, 3.05) is 44.9 Å². The smallest absolute Gasteiger partial charge is 0.303 e. The Bertz CT molecular complexity index is 931. The number of carbonyl (C=O) groups excluding carboxylic acids is 2. The van der Waals surface area contributed by atoms with Gasteiger partial charge in [-0.1, -0.05) is 19.9 Å². The minimum Gasteiger partial charge on any atom is -0.497 e. The van der Waals surface area contributed by atoms with E-state index in [1.807, 2.05) is 30.3 Å². The van der Waals surface area contributed by atoms with Crippen LogP contribution in [0.3, 0.4) is 0 Å². The van der Waals surface area contributed by atoms with Crippen molar-refractivity contribution >= 4 is 17.4 Å². The molecule has 0 saturated carbocycles. The van der Waals surface area contributed by atoms with Crippen LogP contribution in [0, 0.1) is 0 Å². The molecule has 2 aliphatic rings. The van der Waals surface area contributed by atoms with Crippen molar-refractivity contribution in [3.63, 3.8) is 0 Å².